The third kappa shape index (κ3) is 3.33. The number of rotatable bonds is 3. The van der Waals surface area contributed by atoms with Crippen LogP contribution in [0.4, 0.5) is 5.82 Å². The maximum absolute atomic E-state index is 12.3. The van der Waals surface area contributed by atoms with Crippen LogP contribution in [0.1, 0.15) is 11.3 Å². The molecule has 1 N–H and O–H groups in total. The van der Waals surface area contributed by atoms with E-state index >= 15 is 0 Å². The fourth-order valence-corrected chi connectivity index (χ4v) is 3.75. The van der Waals surface area contributed by atoms with Gasteiger partial charge in [0.1, 0.15) is 10.7 Å². The first-order valence-electron chi connectivity index (χ1n) is 5.61. The zero-order valence-electron chi connectivity index (χ0n) is 10.5. The van der Waals surface area contributed by atoms with Crippen molar-refractivity contribution >= 4 is 31.8 Å². The molecule has 100 valence electrons. The second kappa shape index (κ2) is 5.30. The summed E-state index contributed by atoms with van der Waals surface area (Å²) in [4.78, 5) is 4.36. The van der Waals surface area contributed by atoms with Gasteiger partial charge in [-0.05, 0) is 59.6 Å². The van der Waals surface area contributed by atoms with E-state index in [0.29, 0.717) is 10.3 Å². The summed E-state index contributed by atoms with van der Waals surface area (Å²) in [6.45, 7) is 3.72. The first kappa shape index (κ1) is 14.0. The Morgan fingerprint density at radius 1 is 1.16 bits per heavy atom. The highest BCUT2D eigenvalue weighted by atomic mass is 79.9. The molecule has 0 aliphatic heterocycles. The predicted molar refractivity (Wildman–Crippen MR) is 78.7 cm³/mol. The maximum atomic E-state index is 12.3. The first-order valence-corrected chi connectivity index (χ1v) is 7.89. The Hall–Kier alpha value is -1.40. The lowest BCUT2D eigenvalue weighted by molar-refractivity contribution is 0.600. The molecule has 4 nitrogen and oxygen atoms in total. The van der Waals surface area contributed by atoms with E-state index in [9.17, 15) is 8.42 Å². The Bertz CT molecular complexity index is 694. The van der Waals surface area contributed by atoms with E-state index in [-0.39, 0.29) is 4.90 Å². The van der Waals surface area contributed by atoms with E-state index in [1.165, 1.54) is 6.07 Å². The summed E-state index contributed by atoms with van der Waals surface area (Å²) in [5.41, 5.74) is 1.72. The Balaban J connectivity index is 2.39. The molecule has 0 unspecified atom stereocenters. The van der Waals surface area contributed by atoms with E-state index in [1.807, 2.05) is 19.9 Å². The Morgan fingerprint density at radius 3 is 2.47 bits per heavy atom. The lowest BCUT2D eigenvalue weighted by Crippen LogP contribution is -2.14. The van der Waals surface area contributed by atoms with Gasteiger partial charge in [0.25, 0.3) is 10.0 Å². The van der Waals surface area contributed by atoms with Crippen molar-refractivity contribution in [3.05, 3.63) is 52.1 Å². The third-order valence-corrected chi connectivity index (χ3v) is 4.83. The number of anilines is 1. The summed E-state index contributed by atoms with van der Waals surface area (Å²) in [6, 6.07) is 10.2. The molecule has 6 heteroatoms. The van der Waals surface area contributed by atoms with Crippen molar-refractivity contribution in [2.75, 3.05) is 4.72 Å². The molecule has 0 saturated carbocycles. The number of aryl methyl sites for hydroxylation is 2. The molecule has 1 aromatic heterocycles. The van der Waals surface area contributed by atoms with E-state index in [4.69, 9.17) is 0 Å². The molecule has 0 spiro atoms. The van der Waals surface area contributed by atoms with Gasteiger partial charge in [0, 0.05) is 10.2 Å². The number of halogens is 1. The van der Waals surface area contributed by atoms with Gasteiger partial charge in [0.2, 0.25) is 0 Å². The number of hydrogen-bond donors (Lipinski definition) is 1. The largest absolute Gasteiger partial charge is 0.264 e. The van der Waals surface area contributed by atoms with Crippen LogP contribution in [0.3, 0.4) is 0 Å². The fraction of sp³-hybridized carbons (Fsp3) is 0.154. The van der Waals surface area contributed by atoms with Crippen molar-refractivity contribution in [1.82, 2.24) is 4.98 Å². The monoisotopic (exact) mass is 340 g/mol. The second-order valence-electron chi connectivity index (χ2n) is 4.21. The molecule has 2 rings (SSSR count). The Labute approximate surface area is 121 Å². The number of benzene rings is 1. The highest BCUT2D eigenvalue weighted by molar-refractivity contribution is 9.10. The summed E-state index contributed by atoms with van der Waals surface area (Å²) < 4.78 is 27.5. The summed E-state index contributed by atoms with van der Waals surface area (Å²) in [7, 11) is -3.64. The first-order chi connectivity index (χ1) is 8.88. The van der Waals surface area contributed by atoms with E-state index in [2.05, 4.69) is 25.6 Å². The average Bonchev–Trinajstić information content (AvgIpc) is 2.26. The van der Waals surface area contributed by atoms with Crippen LogP contribution in [0.2, 0.25) is 0 Å². The van der Waals surface area contributed by atoms with Crippen molar-refractivity contribution in [2.45, 2.75) is 18.7 Å². The second-order valence-corrected chi connectivity index (χ2v) is 6.71. The third-order valence-electron chi connectivity index (χ3n) is 2.46. The molecule has 0 aliphatic carbocycles. The number of sulfonamides is 1. The van der Waals surface area contributed by atoms with Gasteiger partial charge in [-0.15, -0.1) is 0 Å². The molecular formula is C13H13BrN2O2S. The van der Waals surface area contributed by atoms with Gasteiger partial charge in [-0.3, -0.25) is 4.72 Å². The molecule has 0 bridgehead atoms. The summed E-state index contributed by atoms with van der Waals surface area (Å²) in [6.07, 6.45) is 0. The molecule has 0 fully saturated rings. The molecule has 0 aliphatic rings. The number of nitrogens with zero attached hydrogens (tertiary/aromatic N) is 1. The van der Waals surface area contributed by atoms with Gasteiger partial charge >= 0.3 is 0 Å². The van der Waals surface area contributed by atoms with Crippen LogP contribution in [-0.4, -0.2) is 13.4 Å². The van der Waals surface area contributed by atoms with Gasteiger partial charge in [-0.1, -0.05) is 12.1 Å². The van der Waals surface area contributed by atoms with Crippen LogP contribution in [0.5, 0.6) is 0 Å². The van der Waals surface area contributed by atoms with Gasteiger partial charge in [-0.25, -0.2) is 13.4 Å². The van der Waals surface area contributed by atoms with Gasteiger partial charge < -0.3 is 0 Å². The molecule has 2 aromatic rings. The number of nitrogens with one attached hydrogen (secondary N) is 1. The summed E-state index contributed by atoms with van der Waals surface area (Å²) >= 11 is 3.23. The molecular weight excluding hydrogens is 328 g/mol. The predicted octanol–water partition coefficient (Wildman–Crippen LogP) is 3.26. The van der Waals surface area contributed by atoms with Crippen molar-refractivity contribution < 1.29 is 8.42 Å². The van der Waals surface area contributed by atoms with Crippen LogP contribution in [0, 0.1) is 13.8 Å². The Morgan fingerprint density at radius 2 is 1.84 bits per heavy atom. The lowest BCUT2D eigenvalue weighted by Gasteiger charge is -2.10. The van der Waals surface area contributed by atoms with Crippen LogP contribution < -0.4 is 4.72 Å². The minimum Gasteiger partial charge on any atom is -0.263 e. The standard InChI is InChI=1S/C13H13BrN2O2S/c1-9-7-10(2)15-13(8-9)16-19(17,18)12-6-4-3-5-11(12)14/h3-8H,1-2H3,(H,15,16). The van der Waals surface area contributed by atoms with Gasteiger partial charge in [0.05, 0.1) is 0 Å². The van der Waals surface area contributed by atoms with Crippen LogP contribution >= 0.6 is 15.9 Å². The Kier molecular flexibility index (Phi) is 3.91. The minimum atomic E-state index is -3.64. The molecule has 1 aromatic carbocycles. The normalized spacial score (nSPS) is 11.3. The van der Waals surface area contributed by atoms with Crippen molar-refractivity contribution in [2.24, 2.45) is 0 Å². The molecule has 0 radical (unpaired) electrons. The highest BCUT2D eigenvalue weighted by Crippen LogP contribution is 2.23. The quantitative estimate of drug-likeness (QED) is 0.932. The minimum absolute atomic E-state index is 0.191. The smallest absolute Gasteiger partial charge is 0.263 e. The van der Waals surface area contributed by atoms with Gasteiger partial charge in [0.15, 0.2) is 0 Å². The molecule has 19 heavy (non-hydrogen) atoms. The summed E-state index contributed by atoms with van der Waals surface area (Å²) in [5, 5.41) is 0. The van der Waals surface area contributed by atoms with Gasteiger partial charge in [-0.2, -0.15) is 0 Å². The number of pyridine rings is 1. The summed E-state index contributed by atoms with van der Waals surface area (Å²) in [5.74, 6) is 0.327. The van der Waals surface area contributed by atoms with Crippen molar-refractivity contribution in [3.63, 3.8) is 0 Å². The zero-order valence-corrected chi connectivity index (χ0v) is 12.9. The SMILES string of the molecule is Cc1cc(C)nc(NS(=O)(=O)c2ccccc2Br)c1. The topological polar surface area (TPSA) is 59.1 Å². The molecule has 0 atom stereocenters. The van der Waals surface area contributed by atoms with E-state index in [0.717, 1.165) is 11.3 Å². The van der Waals surface area contributed by atoms with Crippen molar-refractivity contribution in [1.29, 1.82) is 0 Å². The number of aromatic nitrogens is 1. The van der Waals surface area contributed by atoms with Crippen LogP contribution in [0.25, 0.3) is 0 Å². The molecule has 1 heterocycles. The maximum Gasteiger partial charge on any atom is 0.264 e. The zero-order chi connectivity index (χ0) is 14.0. The average molecular weight is 341 g/mol. The van der Waals surface area contributed by atoms with E-state index in [1.54, 1.807) is 24.3 Å². The highest BCUT2D eigenvalue weighted by Gasteiger charge is 2.17. The molecule has 0 saturated heterocycles. The van der Waals surface area contributed by atoms with Crippen LogP contribution in [-0.2, 0) is 10.0 Å². The van der Waals surface area contributed by atoms with Crippen molar-refractivity contribution in [3.8, 4) is 0 Å². The molecule has 0 amide bonds. The van der Waals surface area contributed by atoms with E-state index < -0.39 is 10.0 Å². The fourth-order valence-electron chi connectivity index (χ4n) is 1.75. The van der Waals surface area contributed by atoms with Crippen LogP contribution in [0.15, 0.2) is 45.8 Å². The number of hydrogen-bond acceptors (Lipinski definition) is 3. The lowest BCUT2D eigenvalue weighted by atomic mass is 10.2.